The second-order valence-electron chi connectivity index (χ2n) is 5.23. The van der Waals surface area contributed by atoms with E-state index < -0.39 is 29.5 Å². The number of nitrogens with one attached hydrogen (secondary N) is 1. The zero-order valence-electron chi connectivity index (χ0n) is 14.0. The van der Waals surface area contributed by atoms with Gasteiger partial charge in [0.2, 0.25) is 11.1 Å². The van der Waals surface area contributed by atoms with Crippen LogP contribution in [0.25, 0.3) is 0 Å². The average molecular weight is 378 g/mol. The molecule has 0 saturated carbocycles. The molecule has 1 N–H and O–H groups in total. The fraction of sp³-hybridized carbons (Fsp3) is 0.400. The van der Waals surface area contributed by atoms with Crippen LogP contribution < -0.4 is 5.32 Å². The Bertz CT molecular complexity index is 865. The quantitative estimate of drug-likeness (QED) is 0.431. The molecule has 11 heteroatoms. The summed E-state index contributed by atoms with van der Waals surface area (Å²) in [5.74, 6) is -2.69. The van der Waals surface area contributed by atoms with E-state index in [1.165, 1.54) is 19.9 Å². The van der Waals surface area contributed by atoms with E-state index in [1.807, 2.05) is 0 Å². The molecule has 1 aliphatic heterocycles. The normalized spacial score (nSPS) is 18.7. The molecular formula is C15H15N4O6P. The zero-order valence-corrected chi connectivity index (χ0v) is 14.9. The molecule has 1 amide bonds. The Morgan fingerprint density at radius 3 is 2.35 bits per heavy atom. The monoisotopic (exact) mass is 378 g/mol. The number of non-ortho nitro benzene ring substituents is 1. The molecular weight excluding hydrogens is 363 g/mol. The maximum atomic E-state index is 13.6. The lowest BCUT2D eigenvalue weighted by atomic mass is 9.87. The van der Waals surface area contributed by atoms with Crippen molar-refractivity contribution in [3.05, 3.63) is 33.9 Å². The molecule has 1 aromatic rings. The highest BCUT2D eigenvalue weighted by atomic mass is 31.2. The number of nitrogens with zero attached hydrogens (tertiary/aromatic N) is 3. The van der Waals surface area contributed by atoms with Crippen LogP contribution in [0.5, 0.6) is 0 Å². The number of fused-ring (bicyclic) bond motifs is 1. The van der Waals surface area contributed by atoms with Crippen LogP contribution in [0.3, 0.4) is 0 Å². The Hall–Kier alpha value is -2.78. The second kappa shape index (κ2) is 7.22. The van der Waals surface area contributed by atoms with E-state index in [-0.39, 0.29) is 30.2 Å². The molecule has 2 rings (SSSR count). The standard InChI is InChI=1S/C15H15N4O6P/c1-3-24-26(23,25-4-2)15(10(8-16)9-17)12-7-11(19(21)22)5-6-13(12)18-14(15)20/h5-7,10H,3-4H2,1-2H3,(H,18,20). The third kappa shape index (κ3) is 2.65. The van der Waals surface area contributed by atoms with Gasteiger partial charge in [-0.25, -0.2) is 0 Å². The molecule has 0 radical (unpaired) electrons. The maximum Gasteiger partial charge on any atom is 0.353 e. The van der Waals surface area contributed by atoms with Gasteiger partial charge in [-0.05, 0) is 19.9 Å². The van der Waals surface area contributed by atoms with Crippen molar-refractivity contribution in [3.63, 3.8) is 0 Å². The van der Waals surface area contributed by atoms with Crippen molar-refractivity contribution in [1.82, 2.24) is 0 Å². The van der Waals surface area contributed by atoms with Crippen molar-refractivity contribution < 1.29 is 23.3 Å². The molecule has 0 spiro atoms. The minimum atomic E-state index is -4.41. The molecule has 10 nitrogen and oxygen atoms in total. The molecule has 136 valence electrons. The highest BCUT2D eigenvalue weighted by Crippen LogP contribution is 2.71. The molecule has 1 unspecified atom stereocenters. The first-order chi connectivity index (χ1) is 12.3. The van der Waals surface area contributed by atoms with Crippen molar-refractivity contribution in [2.24, 2.45) is 5.92 Å². The first kappa shape index (κ1) is 19.5. The number of nitro groups is 1. The van der Waals surface area contributed by atoms with Gasteiger partial charge in [0.1, 0.15) is 0 Å². The van der Waals surface area contributed by atoms with Gasteiger partial charge in [-0.1, -0.05) is 0 Å². The third-order valence-electron chi connectivity index (χ3n) is 3.93. The molecule has 1 atom stereocenters. The SMILES string of the molecule is CCOP(=O)(OCC)C1(C(C#N)C#N)C(=O)Nc2ccc([N+](=O)[O-])cc21. The van der Waals surface area contributed by atoms with Crippen molar-refractivity contribution in [1.29, 1.82) is 10.5 Å². The van der Waals surface area contributed by atoms with Crippen molar-refractivity contribution in [2.45, 2.75) is 19.0 Å². The second-order valence-corrected chi connectivity index (χ2v) is 7.45. The molecule has 26 heavy (non-hydrogen) atoms. The Balaban J connectivity index is 2.92. The summed E-state index contributed by atoms with van der Waals surface area (Å²) in [5.41, 5.74) is -0.412. The molecule has 1 heterocycles. The first-order valence-corrected chi connectivity index (χ1v) is 9.15. The summed E-state index contributed by atoms with van der Waals surface area (Å²) in [6, 6.07) is 6.72. The van der Waals surface area contributed by atoms with Gasteiger partial charge in [0, 0.05) is 23.4 Å². The average Bonchev–Trinajstić information content (AvgIpc) is 2.89. The number of hydrogen-bond acceptors (Lipinski definition) is 8. The number of carbonyl (C=O) groups excluding carboxylic acids is 1. The van der Waals surface area contributed by atoms with E-state index in [0.717, 1.165) is 12.1 Å². The van der Waals surface area contributed by atoms with Gasteiger partial charge in [0.15, 0.2) is 5.92 Å². The molecule has 0 fully saturated rings. The van der Waals surface area contributed by atoms with E-state index in [0.29, 0.717) is 0 Å². The number of benzene rings is 1. The zero-order chi connectivity index (χ0) is 19.5. The van der Waals surface area contributed by atoms with Crippen LogP contribution in [0, 0.1) is 38.7 Å². The van der Waals surface area contributed by atoms with Crippen molar-refractivity contribution >= 4 is 24.9 Å². The van der Waals surface area contributed by atoms with Gasteiger partial charge < -0.3 is 14.4 Å². The number of nitriles is 2. The predicted octanol–water partition coefficient (Wildman–Crippen LogP) is 2.67. The van der Waals surface area contributed by atoms with E-state index in [2.05, 4.69) is 5.32 Å². The Labute approximate surface area is 149 Å². The van der Waals surface area contributed by atoms with Gasteiger partial charge >= 0.3 is 7.60 Å². The summed E-state index contributed by atoms with van der Waals surface area (Å²) >= 11 is 0. The number of rotatable bonds is 7. The first-order valence-electron chi connectivity index (χ1n) is 7.61. The Morgan fingerprint density at radius 1 is 1.31 bits per heavy atom. The van der Waals surface area contributed by atoms with E-state index in [1.54, 1.807) is 12.1 Å². The van der Waals surface area contributed by atoms with Crippen molar-refractivity contribution in [3.8, 4) is 12.1 Å². The van der Waals surface area contributed by atoms with Gasteiger partial charge in [0.05, 0.1) is 30.3 Å². The van der Waals surface area contributed by atoms with Crippen LogP contribution in [-0.2, 0) is 23.6 Å². The van der Waals surface area contributed by atoms with Crippen LogP contribution in [0.15, 0.2) is 18.2 Å². The summed E-state index contributed by atoms with van der Waals surface area (Å²) in [6.45, 7) is 2.77. The van der Waals surface area contributed by atoms with Gasteiger partial charge in [-0.15, -0.1) is 0 Å². The topological polar surface area (TPSA) is 155 Å². The highest BCUT2D eigenvalue weighted by Gasteiger charge is 2.67. The summed E-state index contributed by atoms with van der Waals surface area (Å²) in [5, 5.41) is 30.2. The van der Waals surface area contributed by atoms with Crippen LogP contribution in [0.4, 0.5) is 11.4 Å². The van der Waals surface area contributed by atoms with E-state index in [4.69, 9.17) is 9.05 Å². The summed E-state index contributed by atoms with van der Waals surface area (Å²) in [6.07, 6.45) is 0. The summed E-state index contributed by atoms with van der Waals surface area (Å²) in [4.78, 5) is 23.3. The van der Waals surface area contributed by atoms with Crippen LogP contribution >= 0.6 is 7.60 Å². The third-order valence-corrected chi connectivity index (χ3v) is 6.69. The predicted molar refractivity (Wildman–Crippen MR) is 89.0 cm³/mol. The van der Waals surface area contributed by atoms with Gasteiger partial charge in [-0.3, -0.25) is 19.5 Å². The number of anilines is 1. The fourth-order valence-electron chi connectivity index (χ4n) is 2.92. The number of nitro benzene ring substituents is 1. The van der Waals surface area contributed by atoms with Crippen LogP contribution in [-0.4, -0.2) is 24.0 Å². The van der Waals surface area contributed by atoms with Crippen LogP contribution in [0.2, 0.25) is 0 Å². The molecule has 0 saturated heterocycles. The van der Waals surface area contributed by atoms with E-state index in [9.17, 15) is 30.0 Å². The summed E-state index contributed by atoms with van der Waals surface area (Å²) < 4.78 is 24.1. The number of hydrogen-bond donors (Lipinski definition) is 1. The Morgan fingerprint density at radius 2 is 1.88 bits per heavy atom. The highest BCUT2D eigenvalue weighted by molar-refractivity contribution is 7.56. The lowest BCUT2D eigenvalue weighted by Gasteiger charge is -2.34. The lowest BCUT2D eigenvalue weighted by molar-refractivity contribution is -0.384. The fourth-order valence-corrected chi connectivity index (χ4v) is 5.30. The van der Waals surface area contributed by atoms with Crippen molar-refractivity contribution in [2.75, 3.05) is 18.5 Å². The molecule has 0 aliphatic carbocycles. The minimum Gasteiger partial charge on any atom is -0.324 e. The largest absolute Gasteiger partial charge is 0.353 e. The Kier molecular flexibility index (Phi) is 5.43. The van der Waals surface area contributed by atoms with E-state index >= 15 is 0 Å². The lowest BCUT2D eigenvalue weighted by Crippen LogP contribution is -2.42. The number of amides is 1. The number of carbonyl (C=O) groups is 1. The summed E-state index contributed by atoms with van der Waals surface area (Å²) in [7, 11) is -4.41. The van der Waals surface area contributed by atoms with Gasteiger partial charge in [-0.2, -0.15) is 10.5 Å². The van der Waals surface area contributed by atoms with Crippen LogP contribution in [0.1, 0.15) is 19.4 Å². The molecule has 0 bridgehead atoms. The maximum absolute atomic E-state index is 13.6. The molecule has 0 aromatic heterocycles. The van der Waals surface area contributed by atoms with Gasteiger partial charge in [0.25, 0.3) is 5.69 Å². The molecule has 1 aliphatic rings. The molecule has 1 aromatic carbocycles. The minimum absolute atomic E-state index is 0.107. The smallest absolute Gasteiger partial charge is 0.324 e.